The summed E-state index contributed by atoms with van der Waals surface area (Å²) < 4.78 is 36.3. The third kappa shape index (κ3) is 5.76. The topological polar surface area (TPSA) is 103 Å². The first kappa shape index (κ1) is 28.2. The lowest BCUT2D eigenvalue weighted by atomic mass is 10.1. The van der Waals surface area contributed by atoms with Crippen LogP contribution in [-0.2, 0) is 31.4 Å². The number of rotatable bonds is 5. The predicted octanol–water partition coefficient (Wildman–Crippen LogP) is 2.31. The number of thioether (sulfide) groups is 1. The maximum Gasteiger partial charge on any atom is 0.256 e. The van der Waals surface area contributed by atoms with Crippen molar-refractivity contribution >= 4 is 61.7 Å². The van der Waals surface area contributed by atoms with Crippen LogP contribution in [0.25, 0.3) is 10.8 Å². The summed E-state index contributed by atoms with van der Waals surface area (Å²) in [7, 11) is -1.96. The molecule has 4 heterocycles. The molecular formula is C28H31ClN5O5S2+. The van der Waals surface area contributed by atoms with Crippen LogP contribution in [0.15, 0.2) is 64.6 Å². The van der Waals surface area contributed by atoms with Gasteiger partial charge in [0.15, 0.2) is 17.8 Å². The molecule has 216 valence electrons. The van der Waals surface area contributed by atoms with Crippen LogP contribution in [0, 0.1) is 0 Å². The Morgan fingerprint density at radius 3 is 2.63 bits per heavy atom. The van der Waals surface area contributed by atoms with E-state index in [9.17, 15) is 18.0 Å². The van der Waals surface area contributed by atoms with Crippen LogP contribution < -0.4 is 9.88 Å². The van der Waals surface area contributed by atoms with Crippen LogP contribution in [0.3, 0.4) is 0 Å². The second-order valence-electron chi connectivity index (χ2n) is 10.4. The number of ether oxygens (including phenoxy) is 1. The standard InChI is InChI=1S/C28H30ClN5O5S2/c1-31-7-6-24-25(18-31)40-27(30-24)28(36)34-9-8-33(17-22(34)16-26(35)32-10-12-39-13-11-32)41(37,38)23-5-3-19-14-21(29)4-2-20(19)15-23/h2-7,14-15,18,22,27H,8-13,16-17H2,1H3/p+1. The second-order valence-corrected chi connectivity index (χ2v) is 14.0. The first-order chi connectivity index (χ1) is 19.7. The number of anilines is 1. The van der Waals surface area contributed by atoms with Crippen molar-refractivity contribution in [2.24, 2.45) is 7.05 Å². The van der Waals surface area contributed by atoms with Gasteiger partial charge in [0.25, 0.3) is 5.91 Å². The van der Waals surface area contributed by atoms with Gasteiger partial charge < -0.3 is 19.9 Å². The Labute approximate surface area is 248 Å². The van der Waals surface area contributed by atoms with Crippen molar-refractivity contribution in [1.82, 2.24) is 14.1 Å². The molecule has 2 fully saturated rings. The molecule has 2 unspecified atom stereocenters. The van der Waals surface area contributed by atoms with Gasteiger partial charge >= 0.3 is 0 Å². The molecule has 1 aromatic heterocycles. The minimum atomic E-state index is -3.88. The zero-order valence-corrected chi connectivity index (χ0v) is 24.9. The highest BCUT2D eigenvalue weighted by Crippen LogP contribution is 2.38. The molecule has 0 radical (unpaired) electrons. The highest BCUT2D eigenvalue weighted by Gasteiger charge is 2.41. The maximum absolute atomic E-state index is 13.8. The van der Waals surface area contributed by atoms with Gasteiger partial charge in [-0.15, -0.1) is 0 Å². The highest BCUT2D eigenvalue weighted by atomic mass is 35.5. The molecule has 3 aliphatic heterocycles. The van der Waals surface area contributed by atoms with Crippen molar-refractivity contribution in [3.05, 3.63) is 59.9 Å². The zero-order chi connectivity index (χ0) is 28.7. The van der Waals surface area contributed by atoms with Gasteiger partial charge in [0.05, 0.1) is 34.7 Å². The second kappa shape index (κ2) is 11.4. The molecule has 1 N–H and O–H groups in total. The lowest BCUT2D eigenvalue weighted by Crippen LogP contribution is -2.59. The molecule has 2 saturated heterocycles. The minimum absolute atomic E-state index is 0.0299. The number of nitrogens with one attached hydrogen (secondary N) is 1. The summed E-state index contributed by atoms with van der Waals surface area (Å²) in [5, 5.41) is 4.92. The van der Waals surface area contributed by atoms with E-state index in [1.165, 1.54) is 16.1 Å². The number of halogens is 1. The van der Waals surface area contributed by atoms with Crippen LogP contribution >= 0.6 is 23.4 Å². The van der Waals surface area contributed by atoms with E-state index in [0.717, 1.165) is 21.4 Å². The van der Waals surface area contributed by atoms with Crippen molar-refractivity contribution in [3.8, 4) is 0 Å². The lowest BCUT2D eigenvalue weighted by molar-refractivity contribution is -0.673. The first-order valence-electron chi connectivity index (χ1n) is 13.5. The maximum atomic E-state index is 13.8. The molecule has 3 aliphatic rings. The number of sulfonamides is 1. The quantitative estimate of drug-likeness (QED) is 0.439. The summed E-state index contributed by atoms with van der Waals surface area (Å²) >= 11 is 7.53. The number of carbonyl (C=O) groups excluding carboxylic acids is 2. The fourth-order valence-corrected chi connectivity index (χ4v) is 8.34. The van der Waals surface area contributed by atoms with Gasteiger partial charge in [-0.1, -0.05) is 35.5 Å². The Bertz CT molecular complexity index is 1610. The number of nitrogens with zero attached hydrogens (tertiary/aromatic N) is 4. The highest BCUT2D eigenvalue weighted by molar-refractivity contribution is 8.01. The number of morpholine rings is 1. The lowest BCUT2D eigenvalue weighted by Gasteiger charge is -2.42. The van der Waals surface area contributed by atoms with Gasteiger partial charge in [0, 0.05) is 50.2 Å². The smallest absolute Gasteiger partial charge is 0.256 e. The molecule has 0 bridgehead atoms. The Hall–Kier alpha value is -2.90. The number of hydrogen-bond donors (Lipinski definition) is 1. The molecule has 13 heteroatoms. The Balaban J connectivity index is 1.25. The van der Waals surface area contributed by atoms with Crippen LogP contribution in [0.1, 0.15) is 6.42 Å². The van der Waals surface area contributed by atoms with Gasteiger partial charge in [-0.05, 0) is 35.0 Å². The van der Waals surface area contributed by atoms with Crippen molar-refractivity contribution < 1.29 is 27.3 Å². The van der Waals surface area contributed by atoms with Crippen molar-refractivity contribution in [3.63, 3.8) is 0 Å². The number of piperazine rings is 1. The van der Waals surface area contributed by atoms with Crippen LogP contribution in [-0.4, -0.2) is 91.7 Å². The zero-order valence-electron chi connectivity index (χ0n) is 22.5. The van der Waals surface area contributed by atoms with Crippen molar-refractivity contribution in [2.75, 3.05) is 51.3 Å². The van der Waals surface area contributed by atoms with E-state index in [-0.39, 0.29) is 42.8 Å². The van der Waals surface area contributed by atoms with Crippen LogP contribution in [0.2, 0.25) is 5.02 Å². The summed E-state index contributed by atoms with van der Waals surface area (Å²) in [5.74, 6) is -0.270. The van der Waals surface area contributed by atoms with Crippen molar-refractivity contribution in [2.45, 2.75) is 27.6 Å². The monoisotopic (exact) mass is 616 g/mol. The number of benzene rings is 2. The minimum Gasteiger partial charge on any atom is -0.378 e. The number of hydrogen-bond acceptors (Lipinski definition) is 7. The van der Waals surface area contributed by atoms with E-state index in [4.69, 9.17) is 16.3 Å². The van der Waals surface area contributed by atoms with E-state index in [0.29, 0.717) is 31.3 Å². The normalized spacial score (nSPS) is 21.5. The average molecular weight is 617 g/mol. The van der Waals surface area contributed by atoms with Crippen LogP contribution in [0.4, 0.5) is 5.69 Å². The molecule has 0 spiro atoms. The summed E-state index contributed by atoms with van der Waals surface area (Å²) in [5.41, 5.74) is 0.881. The molecule has 0 saturated carbocycles. The third-order valence-electron chi connectivity index (χ3n) is 7.73. The predicted molar refractivity (Wildman–Crippen MR) is 156 cm³/mol. The van der Waals surface area contributed by atoms with Gasteiger partial charge in [-0.25, -0.2) is 13.0 Å². The van der Waals surface area contributed by atoms with E-state index in [1.807, 2.05) is 30.1 Å². The number of pyridine rings is 1. The van der Waals surface area contributed by atoms with Gasteiger partial charge in [-0.2, -0.15) is 4.31 Å². The fraction of sp³-hybridized carbons (Fsp3) is 0.393. The summed E-state index contributed by atoms with van der Waals surface area (Å²) in [6.45, 7) is 2.24. The number of amides is 2. The van der Waals surface area contributed by atoms with E-state index in [2.05, 4.69) is 5.32 Å². The Morgan fingerprint density at radius 1 is 1.07 bits per heavy atom. The van der Waals surface area contributed by atoms with E-state index >= 15 is 0 Å². The Morgan fingerprint density at radius 2 is 1.83 bits per heavy atom. The molecule has 0 aliphatic carbocycles. The molecule has 2 atom stereocenters. The number of aryl methyl sites for hydroxylation is 1. The molecule has 10 nitrogen and oxygen atoms in total. The molecule has 2 amide bonds. The SMILES string of the molecule is C[n+]1ccc2c(c1)SC(C(=O)N1CCN(S(=O)(=O)c3ccc4cc(Cl)ccc4c3)CC1CC(=O)N1CCOCC1)N2. The molecule has 6 rings (SSSR count). The fourth-order valence-electron chi connectivity index (χ4n) is 5.50. The van der Waals surface area contributed by atoms with Gasteiger partial charge in [0.2, 0.25) is 15.9 Å². The third-order valence-corrected chi connectivity index (χ3v) is 11.0. The largest absolute Gasteiger partial charge is 0.378 e. The van der Waals surface area contributed by atoms with E-state index < -0.39 is 21.4 Å². The van der Waals surface area contributed by atoms with Crippen molar-refractivity contribution in [1.29, 1.82) is 0 Å². The Kier molecular flexibility index (Phi) is 7.86. The molecular weight excluding hydrogens is 586 g/mol. The average Bonchev–Trinajstić information content (AvgIpc) is 3.40. The summed E-state index contributed by atoms with van der Waals surface area (Å²) in [6.07, 6.45) is 3.91. The molecule has 3 aromatic rings. The molecule has 41 heavy (non-hydrogen) atoms. The van der Waals surface area contributed by atoms with Crippen LogP contribution in [0.5, 0.6) is 0 Å². The van der Waals surface area contributed by atoms with E-state index in [1.54, 1.807) is 46.2 Å². The van der Waals surface area contributed by atoms with Gasteiger partial charge in [-0.3, -0.25) is 9.59 Å². The summed E-state index contributed by atoms with van der Waals surface area (Å²) in [6, 6.07) is 11.6. The number of carbonyl (C=O) groups is 2. The number of aromatic nitrogens is 1. The number of fused-ring (bicyclic) bond motifs is 2. The van der Waals surface area contributed by atoms with Gasteiger partial charge in [0.1, 0.15) is 7.05 Å². The molecule has 2 aromatic carbocycles. The first-order valence-corrected chi connectivity index (χ1v) is 16.2. The summed E-state index contributed by atoms with van der Waals surface area (Å²) in [4.78, 5) is 31.7.